The van der Waals surface area contributed by atoms with Crippen molar-refractivity contribution in [1.82, 2.24) is 25.3 Å². The molecule has 1 amide bonds. The Bertz CT molecular complexity index is 774. The van der Waals surface area contributed by atoms with E-state index in [2.05, 4.69) is 45.5 Å². The lowest BCUT2D eigenvalue weighted by molar-refractivity contribution is -0.131. The van der Waals surface area contributed by atoms with Crippen LogP contribution in [0.3, 0.4) is 0 Å². The number of amides is 1. The van der Waals surface area contributed by atoms with E-state index < -0.39 is 0 Å². The summed E-state index contributed by atoms with van der Waals surface area (Å²) in [4.78, 5) is 16.7. The second kappa shape index (κ2) is 9.05. The lowest BCUT2D eigenvalue weighted by Gasteiger charge is -2.34. The Balaban J connectivity index is 1.17. The summed E-state index contributed by atoms with van der Waals surface area (Å²) < 4.78 is 0. The van der Waals surface area contributed by atoms with Crippen LogP contribution in [0, 0.1) is 0 Å². The molecule has 1 unspecified atom stereocenters. The summed E-state index contributed by atoms with van der Waals surface area (Å²) in [7, 11) is 0. The van der Waals surface area contributed by atoms with Gasteiger partial charge in [0, 0.05) is 49.3 Å². The summed E-state index contributed by atoms with van der Waals surface area (Å²) in [5.74, 6) is 0.323. The smallest absolute Gasteiger partial charge is 0.236 e. The van der Waals surface area contributed by atoms with E-state index in [-0.39, 0.29) is 0 Å². The van der Waals surface area contributed by atoms with E-state index in [0.717, 1.165) is 57.4 Å². The standard InChI is InChI=1S/C22H33N5O/c1-17(8-9-21-19-6-2-3-7-20(19)24-25-21)23-18-10-14-26(15-11-18)16-22(28)27-12-4-5-13-27/h2-3,6-7,17-18,23H,4-5,8-16H2,1H3,(H,24,25). The molecule has 2 fully saturated rings. The summed E-state index contributed by atoms with van der Waals surface area (Å²) >= 11 is 0. The number of rotatable bonds is 7. The monoisotopic (exact) mass is 383 g/mol. The van der Waals surface area contributed by atoms with Gasteiger partial charge < -0.3 is 10.2 Å². The number of hydrogen-bond donors (Lipinski definition) is 2. The molecule has 2 N–H and O–H groups in total. The predicted molar refractivity (Wildman–Crippen MR) is 112 cm³/mol. The first kappa shape index (κ1) is 19.4. The van der Waals surface area contributed by atoms with Crippen LogP contribution in [0.1, 0.15) is 44.7 Å². The number of piperidine rings is 1. The van der Waals surface area contributed by atoms with Crippen LogP contribution in [0.25, 0.3) is 10.9 Å². The van der Waals surface area contributed by atoms with Crippen molar-refractivity contribution in [2.24, 2.45) is 0 Å². The fraction of sp³-hybridized carbons (Fsp3) is 0.636. The third-order valence-corrected chi connectivity index (χ3v) is 6.29. The maximum atomic E-state index is 12.3. The van der Waals surface area contributed by atoms with Crippen molar-refractivity contribution < 1.29 is 4.79 Å². The average molecular weight is 384 g/mol. The van der Waals surface area contributed by atoms with Crippen LogP contribution in [0.15, 0.2) is 24.3 Å². The zero-order valence-corrected chi connectivity index (χ0v) is 17.0. The summed E-state index contributed by atoms with van der Waals surface area (Å²) in [6.07, 6.45) is 6.71. The SMILES string of the molecule is CC(CCc1[nH]nc2ccccc12)NC1CCN(CC(=O)N2CCCC2)CC1. The molecule has 1 aromatic carbocycles. The molecule has 2 aromatic rings. The third kappa shape index (κ3) is 4.73. The minimum atomic E-state index is 0.323. The van der Waals surface area contributed by atoms with Gasteiger partial charge in [0.25, 0.3) is 0 Å². The topological polar surface area (TPSA) is 64.3 Å². The molecule has 6 heteroatoms. The predicted octanol–water partition coefficient (Wildman–Crippen LogP) is 2.56. The number of fused-ring (bicyclic) bond motifs is 1. The molecule has 2 aliphatic rings. The van der Waals surface area contributed by atoms with Crippen LogP contribution in [0.4, 0.5) is 0 Å². The van der Waals surface area contributed by atoms with Crippen LogP contribution in [-0.4, -0.2) is 70.7 Å². The van der Waals surface area contributed by atoms with Gasteiger partial charge >= 0.3 is 0 Å². The Morgan fingerprint density at radius 2 is 1.96 bits per heavy atom. The average Bonchev–Trinajstić information content (AvgIpc) is 3.38. The number of H-pyrrole nitrogens is 1. The van der Waals surface area contributed by atoms with Crippen LogP contribution in [0.5, 0.6) is 0 Å². The fourth-order valence-electron chi connectivity index (χ4n) is 4.57. The van der Waals surface area contributed by atoms with Gasteiger partial charge in [0.1, 0.15) is 0 Å². The number of hydrogen-bond acceptors (Lipinski definition) is 4. The number of benzene rings is 1. The van der Waals surface area contributed by atoms with Crippen molar-refractivity contribution in [1.29, 1.82) is 0 Å². The Kier molecular flexibility index (Phi) is 6.27. The van der Waals surface area contributed by atoms with E-state index in [9.17, 15) is 4.79 Å². The molecule has 4 rings (SSSR count). The highest BCUT2D eigenvalue weighted by Gasteiger charge is 2.24. The molecule has 2 aliphatic heterocycles. The van der Waals surface area contributed by atoms with Crippen LogP contribution in [-0.2, 0) is 11.2 Å². The van der Waals surface area contributed by atoms with Crippen molar-refractivity contribution >= 4 is 16.8 Å². The minimum absolute atomic E-state index is 0.323. The highest BCUT2D eigenvalue weighted by Crippen LogP contribution is 2.18. The molecule has 3 heterocycles. The number of likely N-dealkylation sites (tertiary alicyclic amines) is 2. The van der Waals surface area contributed by atoms with E-state index in [1.165, 1.54) is 23.9 Å². The number of carbonyl (C=O) groups is 1. The lowest BCUT2D eigenvalue weighted by atomic mass is 10.0. The molecule has 1 atom stereocenters. The van der Waals surface area contributed by atoms with Gasteiger partial charge in [0.2, 0.25) is 5.91 Å². The summed E-state index contributed by atoms with van der Waals surface area (Å²) in [6, 6.07) is 9.34. The van der Waals surface area contributed by atoms with Gasteiger partial charge in [-0.05, 0) is 51.5 Å². The van der Waals surface area contributed by atoms with Crippen LogP contribution in [0.2, 0.25) is 0 Å². The molecule has 0 aliphatic carbocycles. The van der Waals surface area contributed by atoms with Gasteiger partial charge in [-0.25, -0.2) is 0 Å². The highest BCUT2D eigenvalue weighted by atomic mass is 16.2. The number of aryl methyl sites for hydroxylation is 1. The van der Waals surface area contributed by atoms with E-state index in [0.29, 0.717) is 24.5 Å². The number of nitrogens with one attached hydrogen (secondary N) is 2. The summed E-state index contributed by atoms with van der Waals surface area (Å²) in [5.41, 5.74) is 2.29. The Morgan fingerprint density at radius 3 is 2.75 bits per heavy atom. The maximum absolute atomic E-state index is 12.3. The Labute approximate surface area is 167 Å². The molecule has 0 bridgehead atoms. The third-order valence-electron chi connectivity index (χ3n) is 6.29. The zero-order valence-electron chi connectivity index (χ0n) is 17.0. The Hall–Kier alpha value is -1.92. The van der Waals surface area contributed by atoms with E-state index >= 15 is 0 Å². The van der Waals surface area contributed by atoms with E-state index in [1.807, 2.05) is 11.0 Å². The minimum Gasteiger partial charge on any atom is -0.342 e. The molecule has 0 saturated carbocycles. The van der Waals surface area contributed by atoms with Crippen molar-refractivity contribution in [2.75, 3.05) is 32.7 Å². The van der Waals surface area contributed by atoms with Crippen molar-refractivity contribution in [2.45, 2.75) is 57.5 Å². The zero-order chi connectivity index (χ0) is 19.3. The second-order valence-corrected chi connectivity index (χ2v) is 8.46. The Morgan fingerprint density at radius 1 is 1.21 bits per heavy atom. The maximum Gasteiger partial charge on any atom is 0.236 e. The van der Waals surface area contributed by atoms with Gasteiger partial charge in [0.05, 0.1) is 12.1 Å². The molecule has 1 aromatic heterocycles. The first-order valence-corrected chi connectivity index (χ1v) is 10.9. The number of nitrogens with zero attached hydrogens (tertiary/aromatic N) is 3. The van der Waals surface area contributed by atoms with Crippen LogP contribution >= 0.6 is 0 Å². The normalized spacial score (nSPS) is 20.1. The molecule has 0 spiro atoms. The van der Waals surface area contributed by atoms with Gasteiger partial charge in [-0.1, -0.05) is 18.2 Å². The van der Waals surface area contributed by atoms with Crippen molar-refractivity contribution in [3.05, 3.63) is 30.0 Å². The molecule has 28 heavy (non-hydrogen) atoms. The number of aromatic nitrogens is 2. The molecule has 0 radical (unpaired) electrons. The number of aromatic amines is 1. The number of carbonyl (C=O) groups excluding carboxylic acids is 1. The highest BCUT2D eigenvalue weighted by molar-refractivity contribution is 5.81. The number of para-hydroxylation sites is 1. The van der Waals surface area contributed by atoms with Crippen molar-refractivity contribution in [3.8, 4) is 0 Å². The first-order valence-electron chi connectivity index (χ1n) is 10.9. The summed E-state index contributed by atoms with van der Waals surface area (Å²) in [6.45, 7) is 6.85. The largest absolute Gasteiger partial charge is 0.342 e. The fourth-order valence-corrected chi connectivity index (χ4v) is 4.57. The van der Waals surface area contributed by atoms with Crippen molar-refractivity contribution in [3.63, 3.8) is 0 Å². The van der Waals surface area contributed by atoms with E-state index in [4.69, 9.17) is 0 Å². The van der Waals surface area contributed by atoms with Gasteiger partial charge in [-0.3, -0.25) is 14.8 Å². The molecular formula is C22H33N5O. The van der Waals surface area contributed by atoms with Gasteiger partial charge in [0.15, 0.2) is 0 Å². The van der Waals surface area contributed by atoms with Gasteiger partial charge in [-0.2, -0.15) is 5.10 Å². The second-order valence-electron chi connectivity index (χ2n) is 8.46. The molecule has 152 valence electrons. The van der Waals surface area contributed by atoms with E-state index in [1.54, 1.807) is 0 Å². The summed E-state index contributed by atoms with van der Waals surface area (Å²) in [5, 5.41) is 12.6. The molecular weight excluding hydrogens is 350 g/mol. The quantitative estimate of drug-likeness (QED) is 0.771. The molecule has 6 nitrogen and oxygen atoms in total. The van der Waals surface area contributed by atoms with Gasteiger partial charge in [-0.15, -0.1) is 0 Å². The molecule has 2 saturated heterocycles. The first-order chi connectivity index (χ1) is 13.7. The lowest BCUT2D eigenvalue weighted by Crippen LogP contribution is -2.48. The van der Waals surface area contributed by atoms with Crippen LogP contribution < -0.4 is 5.32 Å².